The van der Waals surface area contributed by atoms with Crippen LogP contribution in [0.15, 0.2) is 24.3 Å². The molecule has 0 atom stereocenters. The average molecular weight is 387 g/mol. The zero-order valence-corrected chi connectivity index (χ0v) is 17.2. The lowest BCUT2D eigenvalue weighted by molar-refractivity contribution is -0.137. The molecule has 1 aromatic carbocycles. The number of likely N-dealkylation sites (tertiary alicyclic amines) is 2. The second-order valence-corrected chi connectivity index (χ2v) is 8.03. The first kappa shape index (κ1) is 20.7. The molecule has 1 aromatic rings. The Morgan fingerprint density at radius 1 is 0.929 bits per heavy atom. The topological polar surface area (TPSA) is 49.9 Å². The molecule has 154 valence electrons. The van der Waals surface area contributed by atoms with Crippen molar-refractivity contribution in [2.75, 3.05) is 32.8 Å². The van der Waals surface area contributed by atoms with Crippen LogP contribution in [0.2, 0.25) is 0 Å². The maximum Gasteiger partial charge on any atom is 0.253 e. The molecule has 2 fully saturated rings. The number of amides is 2. The third-order valence-electron chi connectivity index (χ3n) is 5.92. The van der Waals surface area contributed by atoms with Gasteiger partial charge in [0.15, 0.2) is 0 Å². The van der Waals surface area contributed by atoms with Crippen LogP contribution >= 0.6 is 0 Å². The van der Waals surface area contributed by atoms with Crippen LogP contribution in [-0.4, -0.2) is 54.4 Å². The summed E-state index contributed by atoms with van der Waals surface area (Å²) in [4.78, 5) is 29.4. The van der Waals surface area contributed by atoms with Gasteiger partial charge < -0.3 is 14.5 Å². The molecule has 2 aliphatic rings. The van der Waals surface area contributed by atoms with E-state index in [4.69, 9.17) is 4.74 Å². The van der Waals surface area contributed by atoms with E-state index in [-0.39, 0.29) is 11.8 Å². The smallest absolute Gasteiger partial charge is 0.253 e. The van der Waals surface area contributed by atoms with Crippen LogP contribution in [0, 0.1) is 5.92 Å². The molecule has 0 saturated carbocycles. The molecule has 2 amide bonds. The highest BCUT2D eigenvalue weighted by Gasteiger charge is 2.30. The number of rotatable bonds is 7. The van der Waals surface area contributed by atoms with E-state index in [1.807, 2.05) is 34.1 Å². The molecule has 0 bridgehead atoms. The largest absolute Gasteiger partial charge is 0.494 e. The number of benzene rings is 1. The number of nitrogens with zero attached hydrogens (tertiary/aromatic N) is 2. The predicted octanol–water partition coefficient (Wildman–Crippen LogP) is 4.12. The highest BCUT2D eigenvalue weighted by atomic mass is 16.5. The average Bonchev–Trinajstić information content (AvgIpc) is 2.77. The van der Waals surface area contributed by atoms with Gasteiger partial charge in [-0.3, -0.25) is 9.59 Å². The molecule has 3 rings (SSSR count). The number of carbonyl (C=O) groups excluding carboxylic acids is 2. The lowest BCUT2D eigenvalue weighted by Crippen LogP contribution is -2.45. The van der Waals surface area contributed by atoms with E-state index in [9.17, 15) is 9.59 Å². The molecule has 2 saturated heterocycles. The number of hydrogen-bond donors (Lipinski definition) is 0. The Morgan fingerprint density at radius 3 is 2.25 bits per heavy atom. The number of unbranched alkanes of at least 4 members (excludes halogenated alkanes) is 2. The van der Waals surface area contributed by atoms with Crippen molar-refractivity contribution in [2.45, 2.75) is 58.3 Å². The van der Waals surface area contributed by atoms with E-state index in [1.165, 1.54) is 19.3 Å². The van der Waals surface area contributed by atoms with Crippen LogP contribution in [-0.2, 0) is 4.79 Å². The van der Waals surface area contributed by atoms with E-state index in [0.717, 1.165) is 57.6 Å². The number of ether oxygens (including phenoxy) is 1. The molecular weight excluding hydrogens is 352 g/mol. The number of carbonyl (C=O) groups is 2. The van der Waals surface area contributed by atoms with Gasteiger partial charge >= 0.3 is 0 Å². The molecule has 28 heavy (non-hydrogen) atoms. The number of piperidine rings is 2. The highest BCUT2D eigenvalue weighted by molar-refractivity contribution is 5.94. The lowest BCUT2D eigenvalue weighted by Gasteiger charge is -2.35. The van der Waals surface area contributed by atoms with Crippen molar-refractivity contribution < 1.29 is 14.3 Å². The van der Waals surface area contributed by atoms with Crippen LogP contribution in [0.25, 0.3) is 0 Å². The summed E-state index contributed by atoms with van der Waals surface area (Å²) in [5.74, 6) is 1.26. The van der Waals surface area contributed by atoms with E-state index in [2.05, 4.69) is 6.92 Å². The molecule has 0 N–H and O–H groups in total. The van der Waals surface area contributed by atoms with Gasteiger partial charge in [0, 0.05) is 37.7 Å². The van der Waals surface area contributed by atoms with Crippen LogP contribution in [0.5, 0.6) is 5.75 Å². The van der Waals surface area contributed by atoms with Crippen molar-refractivity contribution >= 4 is 11.8 Å². The molecule has 0 spiro atoms. The fourth-order valence-corrected chi connectivity index (χ4v) is 4.12. The van der Waals surface area contributed by atoms with Crippen LogP contribution in [0.4, 0.5) is 0 Å². The van der Waals surface area contributed by atoms with Crippen molar-refractivity contribution in [3.05, 3.63) is 29.8 Å². The molecule has 0 radical (unpaired) electrons. The normalized spacial score (nSPS) is 18.2. The quantitative estimate of drug-likeness (QED) is 0.662. The third-order valence-corrected chi connectivity index (χ3v) is 5.92. The zero-order valence-electron chi connectivity index (χ0n) is 17.2. The van der Waals surface area contributed by atoms with Crippen LogP contribution < -0.4 is 4.74 Å². The first-order valence-corrected chi connectivity index (χ1v) is 11.0. The van der Waals surface area contributed by atoms with Crippen molar-refractivity contribution in [3.8, 4) is 5.75 Å². The monoisotopic (exact) mass is 386 g/mol. The Morgan fingerprint density at radius 2 is 1.61 bits per heavy atom. The summed E-state index contributed by atoms with van der Waals surface area (Å²) < 4.78 is 5.72. The Kier molecular flexibility index (Phi) is 7.75. The van der Waals surface area contributed by atoms with Gasteiger partial charge in [-0.05, 0) is 62.8 Å². The first-order chi connectivity index (χ1) is 13.7. The van der Waals surface area contributed by atoms with Crippen molar-refractivity contribution in [1.82, 2.24) is 9.80 Å². The Labute approximate surface area is 169 Å². The van der Waals surface area contributed by atoms with Gasteiger partial charge in [0.25, 0.3) is 5.91 Å². The molecule has 5 heteroatoms. The zero-order chi connectivity index (χ0) is 19.8. The second-order valence-electron chi connectivity index (χ2n) is 8.03. The van der Waals surface area contributed by atoms with E-state index in [1.54, 1.807) is 0 Å². The molecule has 5 nitrogen and oxygen atoms in total. The van der Waals surface area contributed by atoms with E-state index < -0.39 is 0 Å². The van der Waals surface area contributed by atoms with Gasteiger partial charge in [-0.1, -0.05) is 19.8 Å². The third kappa shape index (κ3) is 5.49. The van der Waals surface area contributed by atoms with Gasteiger partial charge in [-0.15, -0.1) is 0 Å². The fourth-order valence-electron chi connectivity index (χ4n) is 4.12. The Balaban J connectivity index is 1.46. The van der Waals surface area contributed by atoms with Gasteiger partial charge in [-0.25, -0.2) is 0 Å². The SMILES string of the molecule is CCCCCOc1ccc(C(=O)N2CCC(C(=O)N3CCCCC3)CC2)cc1. The predicted molar refractivity (Wildman–Crippen MR) is 111 cm³/mol. The van der Waals surface area contributed by atoms with Crippen LogP contribution in [0.3, 0.4) is 0 Å². The van der Waals surface area contributed by atoms with Gasteiger partial charge in [0.05, 0.1) is 6.61 Å². The van der Waals surface area contributed by atoms with Crippen LogP contribution in [0.1, 0.15) is 68.6 Å². The molecule has 0 aromatic heterocycles. The minimum Gasteiger partial charge on any atom is -0.494 e. The first-order valence-electron chi connectivity index (χ1n) is 11.0. The summed E-state index contributed by atoms with van der Waals surface area (Å²) in [5.41, 5.74) is 0.696. The summed E-state index contributed by atoms with van der Waals surface area (Å²) >= 11 is 0. The van der Waals surface area contributed by atoms with Crippen molar-refractivity contribution in [1.29, 1.82) is 0 Å². The Bertz CT molecular complexity index is 630. The van der Waals surface area contributed by atoms with Crippen molar-refractivity contribution in [3.63, 3.8) is 0 Å². The Hall–Kier alpha value is -2.04. The standard InChI is InChI=1S/C23H34N2O3/c1-2-3-7-18-28-21-10-8-19(9-11-21)22(26)25-16-12-20(13-17-25)23(27)24-14-5-4-6-15-24/h8-11,20H,2-7,12-18H2,1H3. The van der Waals surface area contributed by atoms with Crippen molar-refractivity contribution in [2.24, 2.45) is 5.92 Å². The summed E-state index contributed by atoms with van der Waals surface area (Å²) in [6.07, 6.45) is 8.45. The summed E-state index contributed by atoms with van der Waals surface area (Å²) in [5, 5.41) is 0. The number of hydrogen-bond acceptors (Lipinski definition) is 3. The minimum atomic E-state index is 0.0569. The van der Waals surface area contributed by atoms with E-state index in [0.29, 0.717) is 24.6 Å². The summed E-state index contributed by atoms with van der Waals surface area (Å²) in [6.45, 7) is 6.04. The molecule has 0 unspecified atom stereocenters. The van der Waals surface area contributed by atoms with Gasteiger partial charge in [0.1, 0.15) is 5.75 Å². The summed E-state index contributed by atoms with van der Waals surface area (Å²) in [6, 6.07) is 7.46. The second kappa shape index (κ2) is 10.5. The lowest BCUT2D eigenvalue weighted by atomic mass is 9.94. The minimum absolute atomic E-state index is 0.0569. The molecule has 0 aliphatic carbocycles. The summed E-state index contributed by atoms with van der Waals surface area (Å²) in [7, 11) is 0. The molecular formula is C23H34N2O3. The molecule has 2 heterocycles. The highest BCUT2D eigenvalue weighted by Crippen LogP contribution is 2.23. The van der Waals surface area contributed by atoms with Gasteiger partial charge in [0.2, 0.25) is 5.91 Å². The molecule has 2 aliphatic heterocycles. The maximum absolute atomic E-state index is 12.8. The van der Waals surface area contributed by atoms with Gasteiger partial charge in [-0.2, -0.15) is 0 Å². The fraction of sp³-hybridized carbons (Fsp3) is 0.652. The maximum atomic E-state index is 12.8. The van der Waals surface area contributed by atoms with E-state index >= 15 is 0 Å².